The molecule has 0 aliphatic rings. The van der Waals surface area contributed by atoms with Crippen molar-refractivity contribution < 1.29 is 9.47 Å². The quantitative estimate of drug-likeness (QED) is 0.872. The molecule has 0 atom stereocenters. The lowest BCUT2D eigenvalue weighted by molar-refractivity contribution is 0.329. The molecule has 106 valence electrons. The van der Waals surface area contributed by atoms with Crippen molar-refractivity contribution in [2.24, 2.45) is 0 Å². The van der Waals surface area contributed by atoms with Crippen molar-refractivity contribution in [1.29, 1.82) is 0 Å². The fourth-order valence-corrected chi connectivity index (χ4v) is 2.05. The van der Waals surface area contributed by atoms with Gasteiger partial charge in [0.05, 0.1) is 25.1 Å². The number of anilines is 3. The number of rotatable bonds is 5. The SMILES string of the molecule is CCOc1nc(Nc2cc(Br)ccc2OC)ccc1N. The monoisotopic (exact) mass is 337 g/mol. The van der Waals surface area contributed by atoms with Crippen LogP contribution in [-0.2, 0) is 0 Å². The molecule has 0 radical (unpaired) electrons. The average molecular weight is 338 g/mol. The number of ether oxygens (including phenoxy) is 2. The summed E-state index contributed by atoms with van der Waals surface area (Å²) in [5.41, 5.74) is 7.12. The smallest absolute Gasteiger partial charge is 0.239 e. The maximum Gasteiger partial charge on any atom is 0.239 e. The normalized spacial score (nSPS) is 10.2. The minimum atomic E-state index is 0.423. The van der Waals surface area contributed by atoms with Crippen LogP contribution >= 0.6 is 15.9 Å². The van der Waals surface area contributed by atoms with Crippen molar-refractivity contribution in [1.82, 2.24) is 4.98 Å². The molecule has 0 aliphatic carbocycles. The first-order valence-corrected chi connectivity index (χ1v) is 6.93. The number of hydrogen-bond acceptors (Lipinski definition) is 5. The van der Waals surface area contributed by atoms with E-state index < -0.39 is 0 Å². The summed E-state index contributed by atoms with van der Waals surface area (Å²) >= 11 is 3.43. The van der Waals surface area contributed by atoms with Crippen molar-refractivity contribution in [3.63, 3.8) is 0 Å². The van der Waals surface area contributed by atoms with Gasteiger partial charge < -0.3 is 20.5 Å². The second kappa shape index (κ2) is 6.47. The first-order chi connectivity index (χ1) is 9.63. The second-order valence-electron chi connectivity index (χ2n) is 3.99. The van der Waals surface area contributed by atoms with Crippen LogP contribution in [0, 0.1) is 0 Å². The van der Waals surface area contributed by atoms with Gasteiger partial charge in [0.15, 0.2) is 0 Å². The molecule has 0 saturated heterocycles. The molecule has 1 heterocycles. The summed E-state index contributed by atoms with van der Waals surface area (Å²) in [6, 6.07) is 9.24. The van der Waals surface area contributed by atoms with E-state index in [2.05, 4.69) is 26.2 Å². The molecule has 1 aromatic carbocycles. The predicted molar refractivity (Wildman–Crippen MR) is 83.8 cm³/mol. The van der Waals surface area contributed by atoms with E-state index in [1.54, 1.807) is 19.2 Å². The van der Waals surface area contributed by atoms with Gasteiger partial charge in [0.2, 0.25) is 5.88 Å². The van der Waals surface area contributed by atoms with Gasteiger partial charge in [-0.1, -0.05) is 15.9 Å². The highest BCUT2D eigenvalue weighted by Gasteiger charge is 2.07. The van der Waals surface area contributed by atoms with Crippen molar-refractivity contribution in [2.45, 2.75) is 6.92 Å². The van der Waals surface area contributed by atoms with Gasteiger partial charge in [-0.3, -0.25) is 0 Å². The molecule has 20 heavy (non-hydrogen) atoms. The molecular weight excluding hydrogens is 322 g/mol. The molecule has 0 spiro atoms. The first kappa shape index (κ1) is 14.5. The Hall–Kier alpha value is -1.95. The molecular formula is C14H16BrN3O2. The maximum atomic E-state index is 5.80. The lowest BCUT2D eigenvalue weighted by Gasteiger charge is -2.12. The summed E-state index contributed by atoms with van der Waals surface area (Å²) in [5.74, 6) is 1.79. The van der Waals surface area contributed by atoms with Crippen molar-refractivity contribution >= 4 is 33.1 Å². The van der Waals surface area contributed by atoms with E-state index in [4.69, 9.17) is 15.2 Å². The van der Waals surface area contributed by atoms with Crippen LogP contribution in [0.25, 0.3) is 0 Å². The van der Waals surface area contributed by atoms with Gasteiger partial charge in [-0.25, -0.2) is 0 Å². The number of nitrogens with one attached hydrogen (secondary N) is 1. The summed E-state index contributed by atoms with van der Waals surface area (Å²) in [4.78, 5) is 4.33. The molecule has 0 fully saturated rings. The van der Waals surface area contributed by atoms with Gasteiger partial charge in [-0.15, -0.1) is 0 Å². The standard InChI is InChI=1S/C14H16BrN3O2/c1-3-20-14-10(16)5-7-13(18-14)17-11-8-9(15)4-6-12(11)19-2/h4-8H,3,16H2,1-2H3,(H,17,18). The Kier molecular flexibility index (Phi) is 4.68. The Bertz CT molecular complexity index is 605. The molecule has 1 aromatic heterocycles. The molecule has 2 rings (SSSR count). The van der Waals surface area contributed by atoms with Crippen molar-refractivity contribution in [3.05, 3.63) is 34.8 Å². The van der Waals surface area contributed by atoms with Gasteiger partial charge in [-0.05, 0) is 37.3 Å². The predicted octanol–water partition coefficient (Wildman–Crippen LogP) is 3.58. The molecule has 0 amide bonds. The van der Waals surface area contributed by atoms with Crippen LogP contribution in [0.4, 0.5) is 17.2 Å². The fourth-order valence-electron chi connectivity index (χ4n) is 1.69. The highest BCUT2D eigenvalue weighted by atomic mass is 79.9. The van der Waals surface area contributed by atoms with Crippen LogP contribution in [0.3, 0.4) is 0 Å². The van der Waals surface area contributed by atoms with Gasteiger partial charge in [0, 0.05) is 4.47 Å². The topological polar surface area (TPSA) is 69.4 Å². The number of hydrogen-bond donors (Lipinski definition) is 2. The molecule has 2 aromatic rings. The minimum absolute atomic E-state index is 0.423. The number of halogens is 1. The molecule has 0 unspecified atom stereocenters. The molecule has 0 bridgehead atoms. The number of aromatic nitrogens is 1. The average Bonchev–Trinajstić information content (AvgIpc) is 2.43. The van der Waals surface area contributed by atoms with Crippen molar-refractivity contribution in [2.75, 3.05) is 24.8 Å². The maximum absolute atomic E-state index is 5.80. The largest absolute Gasteiger partial charge is 0.495 e. The molecule has 5 nitrogen and oxygen atoms in total. The van der Waals surface area contributed by atoms with E-state index in [1.165, 1.54) is 0 Å². The van der Waals surface area contributed by atoms with Gasteiger partial charge >= 0.3 is 0 Å². The number of nitrogens with two attached hydrogens (primary N) is 1. The lowest BCUT2D eigenvalue weighted by Crippen LogP contribution is -2.02. The van der Waals surface area contributed by atoms with E-state index in [-0.39, 0.29) is 0 Å². The summed E-state index contributed by atoms with van der Waals surface area (Å²) in [7, 11) is 1.62. The van der Waals surface area contributed by atoms with Crippen LogP contribution in [0.1, 0.15) is 6.92 Å². The Morgan fingerprint density at radius 2 is 2.10 bits per heavy atom. The zero-order valence-electron chi connectivity index (χ0n) is 11.3. The lowest BCUT2D eigenvalue weighted by atomic mass is 10.3. The zero-order valence-corrected chi connectivity index (χ0v) is 12.9. The van der Waals surface area contributed by atoms with E-state index >= 15 is 0 Å². The van der Waals surface area contributed by atoms with Gasteiger partial charge in [-0.2, -0.15) is 4.98 Å². The first-order valence-electron chi connectivity index (χ1n) is 6.14. The summed E-state index contributed by atoms with van der Waals surface area (Å²) < 4.78 is 11.6. The highest BCUT2D eigenvalue weighted by Crippen LogP contribution is 2.31. The van der Waals surface area contributed by atoms with Gasteiger partial charge in [0.1, 0.15) is 11.6 Å². The van der Waals surface area contributed by atoms with Crippen LogP contribution in [0.2, 0.25) is 0 Å². The second-order valence-corrected chi connectivity index (χ2v) is 4.91. The van der Waals surface area contributed by atoms with Crippen LogP contribution < -0.4 is 20.5 Å². The molecule has 3 N–H and O–H groups in total. The van der Waals surface area contributed by atoms with E-state index in [1.807, 2.05) is 25.1 Å². The van der Waals surface area contributed by atoms with Gasteiger partial charge in [0.25, 0.3) is 0 Å². The van der Waals surface area contributed by atoms with Crippen molar-refractivity contribution in [3.8, 4) is 11.6 Å². The Morgan fingerprint density at radius 3 is 2.80 bits per heavy atom. The molecule has 0 aliphatic heterocycles. The Balaban J connectivity index is 2.30. The number of pyridine rings is 1. The Labute approximate surface area is 126 Å². The van der Waals surface area contributed by atoms with Crippen LogP contribution in [0.5, 0.6) is 11.6 Å². The molecule has 0 saturated carbocycles. The third kappa shape index (κ3) is 3.33. The number of nitrogens with zero attached hydrogens (tertiary/aromatic N) is 1. The van der Waals surface area contributed by atoms with E-state index in [0.29, 0.717) is 24.0 Å². The summed E-state index contributed by atoms with van der Waals surface area (Å²) in [5, 5.41) is 3.19. The zero-order chi connectivity index (χ0) is 14.5. The number of benzene rings is 1. The summed E-state index contributed by atoms with van der Waals surface area (Å²) in [6.07, 6.45) is 0. The summed E-state index contributed by atoms with van der Waals surface area (Å²) in [6.45, 7) is 2.40. The third-order valence-electron chi connectivity index (χ3n) is 2.60. The Morgan fingerprint density at radius 1 is 1.30 bits per heavy atom. The number of nitrogen functional groups attached to an aromatic ring is 1. The van der Waals surface area contributed by atoms with E-state index in [0.717, 1.165) is 15.9 Å². The molecule has 6 heteroatoms. The van der Waals surface area contributed by atoms with Crippen LogP contribution in [0.15, 0.2) is 34.8 Å². The number of methoxy groups -OCH3 is 1. The van der Waals surface area contributed by atoms with Crippen LogP contribution in [-0.4, -0.2) is 18.7 Å². The highest BCUT2D eigenvalue weighted by molar-refractivity contribution is 9.10. The van der Waals surface area contributed by atoms with E-state index in [9.17, 15) is 0 Å². The minimum Gasteiger partial charge on any atom is -0.495 e. The third-order valence-corrected chi connectivity index (χ3v) is 3.09. The fraction of sp³-hybridized carbons (Fsp3) is 0.214.